The van der Waals surface area contributed by atoms with Gasteiger partial charge in [0, 0.05) is 23.1 Å². The quantitative estimate of drug-likeness (QED) is 0.686. The van der Waals surface area contributed by atoms with Gasteiger partial charge in [0.05, 0.1) is 0 Å². The molecule has 0 spiro atoms. The third-order valence-electron chi connectivity index (χ3n) is 5.13. The molecule has 7 nitrogen and oxygen atoms in total. The van der Waals surface area contributed by atoms with Gasteiger partial charge >= 0.3 is 6.03 Å². The van der Waals surface area contributed by atoms with E-state index in [-0.39, 0.29) is 36.6 Å². The molecule has 3 rings (SSSR count). The molecule has 140 valence electrons. The summed E-state index contributed by atoms with van der Waals surface area (Å²) in [7, 11) is 0. The summed E-state index contributed by atoms with van der Waals surface area (Å²) in [6, 6.07) is 4.49. The number of hydrogen-bond acceptors (Lipinski definition) is 4. The molecule has 1 aliphatic heterocycles. The van der Waals surface area contributed by atoms with Gasteiger partial charge in [0.25, 0.3) is 5.91 Å². The second kappa shape index (κ2) is 6.90. The molecular weight excluding hydrogens is 402 g/mol. The number of nitrogens with zero attached hydrogens (tertiary/aromatic N) is 2. The first kappa shape index (κ1) is 18.7. The van der Waals surface area contributed by atoms with E-state index in [4.69, 9.17) is 0 Å². The molecule has 2 fully saturated rings. The number of urea groups is 1. The van der Waals surface area contributed by atoms with Crippen molar-refractivity contribution in [1.29, 1.82) is 0 Å². The Morgan fingerprint density at radius 2 is 2.12 bits per heavy atom. The number of carbonyl (C=O) groups excluding carboxylic acids is 3. The molecule has 0 aromatic heterocycles. The van der Waals surface area contributed by atoms with E-state index < -0.39 is 11.6 Å². The Balaban J connectivity index is 1.70. The summed E-state index contributed by atoms with van der Waals surface area (Å²) in [6.07, 6.45) is 1.82. The fourth-order valence-corrected chi connectivity index (χ4v) is 3.70. The van der Waals surface area contributed by atoms with Gasteiger partial charge in [0.2, 0.25) is 5.91 Å². The Morgan fingerprint density at radius 1 is 1.42 bits per heavy atom. The molecule has 2 N–H and O–H groups in total. The average Bonchev–Trinajstić information content (AvgIpc) is 3.41. The summed E-state index contributed by atoms with van der Waals surface area (Å²) < 4.78 is 0.795. The van der Waals surface area contributed by atoms with Crippen LogP contribution in [0.15, 0.2) is 22.7 Å². The zero-order valence-corrected chi connectivity index (χ0v) is 16.4. The SMILES string of the molecule is CCN(Cc1cc(Br)ccc1O)C(=O)CN1C(=O)N[C@@](C)(C2CC2)C1=O. The van der Waals surface area contributed by atoms with Gasteiger partial charge in [0.1, 0.15) is 17.8 Å². The van der Waals surface area contributed by atoms with Gasteiger partial charge in [-0.2, -0.15) is 0 Å². The number of carbonyl (C=O) groups is 3. The van der Waals surface area contributed by atoms with Gasteiger partial charge in [-0.1, -0.05) is 15.9 Å². The molecule has 1 aliphatic carbocycles. The van der Waals surface area contributed by atoms with E-state index in [0.29, 0.717) is 12.1 Å². The highest BCUT2D eigenvalue weighted by Gasteiger charge is 2.56. The number of benzene rings is 1. The van der Waals surface area contributed by atoms with Gasteiger partial charge in [-0.05, 0) is 50.8 Å². The Kier molecular flexibility index (Phi) is 4.96. The average molecular weight is 424 g/mol. The summed E-state index contributed by atoms with van der Waals surface area (Å²) in [5.41, 5.74) is -0.300. The normalized spacial score (nSPS) is 22.5. The topological polar surface area (TPSA) is 89.9 Å². The van der Waals surface area contributed by atoms with Crippen molar-refractivity contribution in [3.8, 4) is 5.75 Å². The molecule has 1 heterocycles. The van der Waals surface area contributed by atoms with Gasteiger partial charge in [-0.25, -0.2) is 4.79 Å². The van der Waals surface area contributed by atoms with Crippen LogP contribution in [0.3, 0.4) is 0 Å². The molecule has 26 heavy (non-hydrogen) atoms. The van der Waals surface area contributed by atoms with E-state index in [1.165, 1.54) is 4.90 Å². The molecule has 8 heteroatoms. The lowest BCUT2D eigenvalue weighted by Crippen LogP contribution is -2.47. The van der Waals surface area contributed by atoms with Crippen molar-refractivity contribution in [2.45, 2.75) is 38.8 Å². The van der Waals surface area contributed by atoms with E-state index in [0.717, 1.165) is 22.2 Å². The number of nitrogens with one attached hydrogen (secondary N) is 1. The highest BCUT2D eigenvalue weighted by Crippen LogP contribution is 2.42. The second-order valence-corrected chi connectivity index (χ2v) is 7.89. The van der Waals surface area contributed by atoms with Crippen LogP contribution >= 0.6 is 15.9 Å². The Morgan fingerprint density at radius 3 is 2.73 bits per heavy atom. The van der Waals surface area contributed by atoms with E-state index >= 15 is 0 Å². The van der Waals surface area contributed by atoms with Crippen LogP contribution in [-0.2, 0) is 16.1 Å². The lowest BCUT2D eigenvalue weighted by atomic mass is 9.96. The van der Waals surface area contributed by atoms with E-state index in [1.54, 1.807) is 25.1 Å². The predicted molar refractivity (Wildman–Crippen MR) is 98.3 cm³/mol. The van der Waals surface area contributed by atoms with Crippen molar-refractivity contribution in [1.82, 2.24) is 15.1 Å². The van der Waals surface area contributed by atoms with Crippen molar-refractivity contribution in [2.75, 3.05) is 13.1 Å². The predicted octanol–water partition coefficient (Wildman–Crippen LogP) is 2.22. The van der Waals surface area contributed by atoms with E-state index in [1.807, 2.05) is 6.92 Å². The van der Waals surface area contributed by atoms with Crippen molar-refractivity contribution in [3.05, 3.63) is 28.2 Å². The molecular formula is C18H22BrN3O4. The van der Waals surface area contributed by atoms with Crippen LogP contribution in [0.1, 0.15) is 32.3 Å². The number of amides is 4. The first-order valence-corrected chi connectivity index (χ1v) is 9.44. The zero-order valence-electron chi connectivity index (χ0n) is 14.8. The molecule has 1 saturated heterocycles. The lowest BCUT2D eigenvalue weighted by molar-refractivity contribution is -0.139. The summed E-state index contributed by atoms with van der Waals surface area (Å²) >= 11 is 3.34. The zero-order chi connectivity index (χ0) is 19.1. The van der Waals surface area contributed by atoms with E-state index in [9.17, 15) is 19.5 Å². The molecule has 0 unspecified atom stereocenters. The van der Waals surface area contributed by atoms with Gasteiger partial charge in [-0.15, -0.1) is 0 Å². The summed E-state index contributed by atoms with van der Waals surface area (Å²) in [5, 5.41) is 12.7. The standard InChI is InChI=1S/C18H22BrN3O4/c1-3-21(9-11-8-13(19)6-7-14(11)23)15(24)10-22-16(25)18(2,12-4-5-12)20-17(22)26/h6-8,12,23H,3-5,9-10H2,1-2H3,(H,20,26)/t18-/m0/s1. The summed E-state index contributed by atoms with van der Waals surface area (Å²) in [4.78, 5) is 40.1. The molecule has 1 aromatic carbocycles. The minimum absolute atomic E-state index is 0.0933. The van der Waals surface area contributed by atoms with Gasteiger partial charge in [0.15, 0.2) is 0 Å². The lowest BCUT2D eigenvalue weighted by Gasteiger charge is -2.24. The van der Waals surface area contributed by atoms with Crippen molar-refractivity contribution < 1.29 is 19.5 Å². The molecule has 2 aliphatic rings. The molecule has 1 saturated carbocycles. The van der Waals surface area contributed by atoms with Crippen LogP contribution in [-0.4, -0.2) is 51.4 Å². The summed E-state index contributed by atoms with van der Waals surface area (Å²) in [6.45, 7) is 3.84. The van der Waals surface area contributed by atoms with Crippen molar-refractivity contribution >= 4 is 33.8 Å². The maximum absolute atomic E-state index is 12.7. The minimum Gasteiger partial charge on any atom is -0.508 e. The number of halogens is 1. The molecule has 1 aromatic rings. The largest absolute Gasteiger partial charge is 0.508 e. The summed E-state index contributed by atoms with van der Waals surface area (Å²) in [5.74, 6) is -0.425. The molecule has 0 radical (unpaired) electrons. The molecule has 4 amide bonds. The van der Waals surface area contributed by atoms with Crippen LogP contribution in [0.4, 0.5) is 4.79 Å². The number of phenolic OH excluding ortho intramolecular Hbond substituents is 1. The van der Waals surface area contributed by atoms with Crippen LogP contribution < -0.4 is 5.32 Å². The van der Waals surface area contributed by atoms with Crippen molar-refractivity contribution in [2.24, 2.45) is 5.92 Å². The first-order valence-electron chi connectivity index (χ1n) is 8.65. The fourth-order valence-electron chi connectivity index (χ4n) is 3.29. The molecule has 1 atom stereocenters. The Hall–Kier alpha value is -2.09. The number of rotatable bonds is 6. The third kappa shape index (κ3) is 3.42. The smallest absolute Gasteiger partial charge is 0.325 e. The highest BCUT2D eigenvalue weighted by molar-refractivity contribution is 9.10. The van der Waals surface area contributed by atoms with E-state index in [2.05, 4.69) is 21.2 Å². The van der Waals surface area contributed by atoms with Crippen LogP contribution in [0.5, 0.6) is 5.75 Å². The maximum Gasteiger partial charge on any atom is 0.325 e. The molecule has 0 bridgehead atoms. The first-order chi connectivity index (χ1) is 12.3. The van der Waals surface area contributed by atoms with Gasteiger partial charge in [-0.3, -0.25) is 14.5 Å². The second-order valence-electron chi connectivity index (χ2n) is 6.98. The number of phenols is 1. The maximum atomic E-state index is 12.7. The van der Waals surface area contributed by atoms with Crippen LogP contribution in [0.25, 0.3) is 0 Å². The fraction of sp³-hybridized carbons (Fsp3) is 0.500. The van der Waals surface area contributed by atoms with Crippen molar-refractivity contribution in [3.63, 3.8) is 0 Å². The van der Waals surface area contributed by atoms with Crippen LogP contribution in [0, 0.1) is 5.92 Å². The third-order valence-corrected chi connectivity index (χ3v) is 5.62. The number of hydrogen-bond donors (Lipinski definition) is 2. The minimum atomic E-state index is -0.892. The Bertz CT molecular complexity index is 765. The number of aromatic hydroxyl groups is 1. The number of likely N-dealkylation sites (N-methyl/N-ethyl adjacent to an activating group) is 1. The van der Waals surface area contributed by atoms with Gasteiger partial charge < -0.3 is 15.3 Å². The number of imide groups is 1. The monoisotopic (exact) mass is 423 g/mol. The Labute approximate surface area is 160 Å². The van der Waals surface area contributed by atoms with Crippen LogP contribution in [0.2, 0.25) is 0 Å². The highest BCUT2D eigenvalue weighted by atomic mass is 79.9.